The maximum absolute atomic E-state index is 14.5. The predicted octanol–water partition coefficient (Wildman–Crippen LogP) is 4.68. The van der Waals surface area contributed by atoms with Gasteiger partial charge in [-0.3, -0.25) is 19.2 Å². The lowest BCUT2D eigenvalue weighted by atomic mass is 10.0. The van der Waals surface area contributed by atoms with Crippen LogP contribution in [0.15, 0.2) is 73.6 Å². The Morgan fingerprint density at radius 1 is 0.681 bits per heavy atom. The molecule has 6 aromatic rings. The van der Waals surface area contributed by atoms with Crippen LogP contribution in [-0.4, -0.2) is 144 Å². The summed E-state index contributed by atoms with van der Waals surface area (Å²) in [6.45, 7) is 5.16. The average molecular weight is 995 g/mol. The molecule has 6 heterocycles. The zero-order valence-electron chi connectivity index (χ0n) is 40.0. The smallest absolute Gasteiger partial charge is 0.261 e. The molecule has 6 atom stereocenters. The third-order valence-electron chi connectivity index (χ3n) is 13.3. The van der Waals surface area contributed by atoms with E-state index in [-0.39, 0.29) is 61.3 Å². The van der Waals surface area contributed by atoms with Crippen molar-refractivity contribution in [1.29, 1.82) is 0 Å². The number of alkyl halides is 2. The molecule has 2 aromatic carbocycles. The number of nitrogens with zero attached hydrogens (tertiary/aromatic N) is 8. The van der Waals surface area contributed by atoms with E-state index in [0.29, 0.717) is 94.9 Å². The van der Waals surface area contributed by atoms with Gasteiger partial charge >= 0.3 is 0 Å². The highest BCUT2D eigenvalue weighted by Gasteiger charge is 2.38. The summed E-state index contributed by atoms with van der Waals surface area (Å²) >= 11 is 0. The molecular weight excluding hydrogens is 939 g/mol. The van der Waals surface area contributed by atoms with Gasteiger partial charge in [-0.25, -0.2) is 27.8 Å². The molecule has 0 spiro atoms. The second-order valence-electron chi connectivity index (χ2n) is 19.8. The number of ether oxygens (including phenoxy) is 2. The number of halogens is 2. The van der Waals surface area contributed by atoms with Crippen molar-refractivity contribution < 1.29 is 57.9 Å². The molecule has 0 saturated heterocycles. The van der Waals surface area contributed by atoms with E-state index in [1.165, 1.54) is 58.9 Å². The molecule has 0 radical (unpaired) electrons. The maximum Gasteiger partial charge on any atom is 0.261 e. The minimum absolute atomic E-state index is 0.133. The summed E-state index contributed by atoms with van der Waals surface area (Å²) in [5.41, 5.74) is 0.743. The lowest BCUT2D eigenvalue weighted by Gasteiger charge is -2.26. The largest absolute Gasteiger partial charge is 0.488 e. The molecule has 4 amide bonds. The van der Waals surface area contributed by atoms with Gasteiger partial charge < -0.3 is 50.3 Å². The number of nitrogens with one attached hydrogen (secondary N) is 2. The Morgan fingerprint density at radius 2 is 1.08 bits per heavy atom. The van der Waals surface area contributed by atoms with Crippen molar-refractivity contribution in [3.8, 4) is 11.5 Å². The Kier molecular flexibility index (Phi) is 13.7. The van der Waals surface area contributed by atoms with E-state index < -0.39 is 47.6 Å². The number of carbonyl (C=O) groups is 4. The quantitative estimate of drug-likeness (QED) is 0.0867. The molecule has 6 N–H and O–H groups in total. The summed E-state index contributed by atoms with van der Waals surface area (Å²) in [5.74, 6) is -1.07. The van der Waals surface area contributed by atoms with Gasteiger partial charge in [0, 0.05) is 61.8 Å². The zero-order valence-corrected chi connectivity index (χ0v) is 40.0. The molecule has 380 valence electrons. The Bertz CT molecular complexity index is 2840. The third-order valence-corrected chi connectivity index (χ3v) is 13.3. The number of rotatable bonds is 14. The minimum Gasteiger partial charge on any atom is -0.488 e. The van der Waals surface area contributed by atoms with Crippen LogP contribution in [0.4, 0.5) is 20.2 Å². The molecule has 22 heteroatoms. The van der Waals surface area contributed by atoms with E-state index in [2.05, 4.69) is 30.8 Å². The van der Waals surface area contributed by atoms with E-state index in [9.17, 15) is 48.4 Å². The first kappa shape index (κ1) is 49.8. The van der Waals surface area contributed by atoms with Crippen molar-refractivity contribution in [2.45, 2.75) is 127 Å². The number of aromatic nitrogens is 6. The second-order valence-corrected chi connectivity index (χ2v) is 19.8. The summed E-state index contributed by atoms with van der Waals surface area (Å²) in [6.07, 6.45) is 7.96. The zero-order chi connectivity index (χ0) is 51.2. The van der Waals surface area contributed by atoms with Crippen LogP contribution in [0.1, 0.15) is 119 Å². The first-order chi connectivity index (χ1) is 34.2. The number of hydrogen-bond donors (Lipinski definition) is 6. The predicted molar refractivity (Wildman–Crippen MR) is 255 cm³/mol. The number of hydrogen-bond acceptors (Lipinski definition) is 14. The molecule has 0 unspecified atom stereocenters. The second kappa shape index (κ2) is 19.8. The molecule has 2 aliphatic carbocycles. The highest BCUT2D eigenvalue weighted by atomic mass is 19.1. The van der Waals surface area contributed by atoms with Crippen LogP contribution < -0.4 is 20.1 Å². The number of benzene rings is 2. The van der Waals surface area contributed by atoms with Crippen molar-refractivity contribution in [3.63, 3.8) is 0 Å². The Labute approximate surface area is 411 Å². The van der Waals surface area contributed by atoms with E-state index in [0.717, 1.165) is 0 Å². The molecule has 4 aliphatic rings. The van der Waals surface area contributed by atoms with Gasteiger partial charge in [0.1, 0.15) is 47.2 Å². The standard InChI is InChI=1S/2C25H28FN5O5/c2*1-25(2,35)21(26)13-30-12-14-8-19(29-23(33)18-11-28-31-7-3-6-27-22(18)31)20(10-17(14)24(30)34)36-16-5-4-15(32)9-16/h2*3,6-8,10-11,15-16,21,32,35H,4-5,9,12-13H2,1-2H3,(H,29,33)/t15-,16+,21+;15-,16+,21-/m01/s1. The Balaban J connectivity index is 0.000000178. The van der Waals surface area contributed by atoms with Gasteiger partial charge in [0.25, 0.3) is 23.6 Å². The van der Waals surface area contributed by atoms with Crippen molar-refractivity contribution >= 4 is 46.3 Å². The number of amides is 4. The molecule has 72 heavy (non-hydrogen) atoms. The van der Waals surface area contributed by atoms with Crippen LogP contribution in [0, 0.1) is 0 Å². The molecular formula is C50H56F2N10O10. The first-order valence-electron chi connectivity index (χ1n) is 23.7. The summed E-state index contributed by atoms with van der Waals surface area (Å²) in [5, 5.41) is 53.8. The average Bonchev–Trinajstić information content (AvgIpc) is 4.21. The Morgan fingerprint density at radius 3 is 1.44 bits per heavy atom. The molecule has 10 rings (SSSR count). The van der Waals surface area contributed by atoms with Gasteiger partial charge in [-0.15, -0.1) is 0 Å². The van der Waals surface area contributed by atoms with Gasteiger partial charge in [0.2, 0.25) is 0 Å². The lowest BCUT2D eigenvalue weighted by Crippen LogP contribution is -2.42. The number of carbonyl (C=O) groups excluding carboxylic acids is 4. The van der Waals surface area contributed by atoms with Gasteiger partial charge in [-0.05, 0) is 101 Å². The highest BCUT2D eigenvalue weighted by molar-refractivity contribution is 6.10. The fourth-order valence-electron chi connectivity index (χ4n) is 9.09. The molecule has 2 aliphatic heterocycles. The number of anilines is 2. The van der Waals surface area contributed by atoms with Gasteiger partial charge in [-0.2, -0.15) is 10.2 Å². The van der Waals surface area contributed by atoms with Crippen LogP contribution in [0.2, 0.25) is 0 Å². The van der Waals surface area contributed by atoms with Crippen LogP contribution in [0.3, 0.4) is 0 Å². The SMILES string of the molecule is CC(C)(O)[C@H](F)CN1Cc2cc(NC(=O)c3cnn4cccnc34)c(O[C@@H]3CC[C@H](O)C3)cc2C1=O.CC(C)(O)[C@H](F)CN1Cc2cc(NC(=O)c3cnn4cccnc34)c(O[C@H]3CC[C@@H](O)C3)cc2C1=O. The van der Waals surface area contributed by atoms with Crippen LogP contribution >= 0.6 is 0 Å². The van der Waals surface area contributed by atoms with E-state index in [1.54, 1.807) is 61.2 Å². The van der Waals surface area contributed by atoms with Gasteiger partial charge in [0.15, 0.2) is 11.3 Å². The minimum atomic E-state index is -1.63. The number of fused-ring (bicyclic) bond motifs is 4. The summed E-state index contributed by atoms with van der Waals surface area (Å²) in [7, 11) is 0. The molecule has 4 aromatic heterocycles. The monoisotopic (exact) mass is 994 g/mol. The number of aliphatic hydroxyl groups is 4. The fraction of sp³-hybridized carbons (Fsp3) is 0.440. The summed E-state index contributed by atoms with van der Waals surface area (Å²) in [4.78, 5) is 63.5. The molecule has 2 saturated carbocycles. The first-order valence-corrected chi connectivity index (χ1v) is 23.7. The van der Waals surface area contributed by atoms with Crippen molar-refractivity contribution in [3.05, 3.63) is 107 Å². The van der Waals surface area contributed by atoms with Gasteiger partial charge in [0.05, 0.1) is 60.3 Å². The lowest BCUT2D eigenvalue weighted by molar-refractivity contribution is -0.0163. The fourth-order valence-corrected chi connectivity index (χ4v) is 9.09. The topological polar surface area (TPSA) is 259 Å². The highest BCUT2D eigenvalue weighted by Crippen LogP contribution is 2.39. The molecule has 0 bridgehead atoms. The van der Waals surface area contributed by atoms with Crippen LogP contribution in [-0.2, 0) is 13.1 Å². The Hall–Kier alpha value is -7.14. The molecule has 20 nitrogen and oxygen atoms in total. The normalized spacial score (nSPS) is 20.6. The van der Waals surface area contributed by atoms with Crippen molar-refractivity contribution in [2.75, 3.05) is 23.7 Å². The van der Waals surface area contributed by atoms with Crippen molar-refractivity contribution in [1.82, 2.24) is 39.0 Å². The van der Waals surface area contributed by atoms with E-state index >= 15 is 0 Å². The van der Waals surface area contributed by atoms with Crippen molar-refractivity contribution in [2.24, 2.45) is 0 Å². The van der Waals surface area contributed by atoms with Gasteiger partial charge in [-0.1, -0.05) is 0 Å². The van der Waals surface area contributed by atoms with E-state index in [4.69, 9.17) is 9.47 Å². The summed E-state index contributed by atoms with van der Waals surface area (Å²) in [6, 6.07) is 9.83. The maximum atomic E-state index is 14.5. The molecule has 2 fully saturated rings. The van der Waals surface area contributed by atoms with E-state index in [1.807, 2.05) is 0 Å². The van der Waals surface area contributed by atoms with Crippen LogP contribution in [0.25, 0.3) is 11.3 Å². The number of aliphatic hydroxyl groups excluding tert-OH is 2. The van der Waals surface area contributed by atoms with Crippen LogP contribution in [0.5, 0.6) is 11.5 Å². The summed E-state index contributed by atoms with van der Waals surface area (Å²) < 4.78 is 44.3. The third kappa shape index (κ3) is 10.6.